The Labute approximate surface area is 110 Å². The topological polar surface area (TPSA) is 90.2 Å². The van der Waals surface area contributed by atoms with Crippen LogP contribution in [0.1, 0.15) is 24.0 Å². The van der Waals surface area contributed by atoms with Gasteiger partial charge in [0, 0.05) is 12.8 Å². The highest BCUT2D eigenvalue weighted by Gasteiger charge is 2.23. The lowest BCUT2D eigenvalue weighted by atomic mass is 10.1. The molecule has 100 valence electrons. The van der Waals surface area contributed by atoms with Crippen molar-refractivity contribution in [3.8, 4) is 0 Å². The molecule has 1 aromatic rings. The number of amides is 1. The summed E-state index contributed by atoms with van der Waals surface area (Å²) in [5.41, 5.74) is 1.62. The number of aliphatic hydroxyl groups is 1. The summed E-state index contributed by atoms with van der Waals surface area (Å²) in [6.45, 7) is 0.200. The van der Waals surface area contributed by atoms with Gasteiger partial charge in [0.1, 0.15) is 5.71 Å². The fourth-order valence-corrected chi connectivity index (χ4v) is 1.80. The molecule has 2 rings (SSSR count). The zero-order valence-corrected chi connectivity index (χ0v) is 10.2. The number of aliphatic carboxylic acids is 1. The summed E-state index contributed by atoms with van der Waals surface area (Å²) in [4.78, 5) is 22.5. The molecule has 0 saturated carbocycles. The number of carboxylic acids is 1. The highest BCUT2D eigenvalue weighted by atomic mass is 16.4. The van der Waals surface area contributed by atoms with Crippen LogP contribution in [-0.2, 0) is 22.7 Å². The monoisotopic (exact) mass is 262 g/mol. The van der Waals surface area contributed by atoms with Gasteiger partial charge in [0.25, 0.3) is 0 Å². The van der Waals surface area contributed by atoms with Crippen molar-refractivity contribution in [2.45, 2.75) is 26.0 Å². The molecule has 0 aromatic heterocycles. The van der Waals surface area contributed by atoms with Crippen LogP contribution in [0.4, 0.5) is 0 Å². The lowest BCUT2D eigenvalue weighted by Crippen LogP contribution is -2.33. The third kappa shape index (κ3) is 3.17. The van der Waals surface area contributed by atoms with Gasteiger partial charge in [0.2, 0.25) is 5.91 Å². The summed E-state index contributed by atoms with van der Waals surface area (Å²) in [5, 5.41) is 22.8. The van der Waals surface area contributed by atoms with E-state index in [2.05, 4.69) is 5.10 Å². The maximum absolute atomic E-state index is 11.7. The van der Waals surface area contributed by atoms with E-state index in [1.54, 1.807) is 24.3 Å². The number of carbonyl (C=O) groups is 2. The minimum atomic E-state index is -1.09. The molecule has 0 fully saturated rings. The first kappa shape index (κ1) is 13.2. The average molecular weight is 262 g/mol. The van der Waals surface area contributed by atoms with Crippen molar-refractivity contribution < 1.29 is 19.8 Å². The van der Waals surface area contributed by atoms with Crippen molar-refractivity contribution >= 4 is 17.6 Å². The molecule has 6 heteroatoms. The van der Waals surface area contributed by atoms with E-state index in [4.69, 9.17) is 10.2 Å². The van der Waals surface area contributed by atoms with Crippen molar-refractivity contribution in [2.24, 2.45) is 5.10 Å². The Morgan fingerprint density at radius 1 is 1.21 bits per heavy atom. The molecular weight excluding hydrogens is 248 g/mol. The van der Waals surface area contributed by atoms with Crippen LogP contribution in [0.25, 0.3) is 0 Å². The van der Waals surface area contributed by atoms with Gasteiger partial charge in [-0.25, -0.2) is 9.80 Å². The van der Waals surface area contributed by atoms with Crippen LogP contribution in [-0.4, -0.2) is 32.8 Å². The number of hydrazone groups is 1. The second-order valence-electron chi connectivity index (χ2n) is 4.28. The summed E-state index contributed by atoms with van der Waals surface area (Å²) in [6.07, 6.45) is 0.341. The zero-order chi connectivity index (χ0) is 13.8. The first-order valence-corrected chi connectivity index (χ1v) is 5.90. The summed E-state index contributed by atoms with van der Waals surface area (Å²) >= 11 is 0. The number of benzene rings is 1. The van der Waals surface area contributed by atoms with Gasteiger partial charge in [-0.2, -0.15) is 5.10 Å². The number of nitrogens with zero attached hydrogens (tertiary/aromatic N) is 2. The molecule has 1 heterocycles. The molecular formula is C13H14N2O4. The Bertz CT molecular complexity index is 522. The highest BCUT2D eigenvalue weighted by molar-refractivity contribution is 6.36. The first-order chi connectivity index (χ1) is 9.10. The molecule has 0 bridgehead atoms. The molecule has 1 amide bonds. The van der Waals surface area contributed by atoms with Crippen molar-refractivity contribution in [3.63, 3.8) is 0 Å². The molecule has 6 nitrogen and oxygen atoms in total. The average Bonchev–Trinajstić information content (AvgIpc) is 2.42. The number of carbonyl (C=O) groups excluding carboxylic acids is 1. The van der Waals surface area contributed by atoms with E-state index in [0.717, 1.165) is 11.1 Å². The van der Waals surface area contributed by atoms with Crippen LogP contribution >= 0.6 is 0 Å². The van der Waals surface area contributed by atoms with Gasteiger partial charge in [0.15, 0.2) is 0 Å². The Morgan fingerprint density at radius 3 is 2.42 bits per heavy atom. The molecule has 0 radical (unpaired) electrons. The SMILES string of the molecule is O=C(O)C1=NN(Cc2ccc(CO)cc2)C(=O)CC1. The van der Waals surface area contributed by atoms with E-state index in [9.17, 15) is 9.59 Å². The predicted octanol–water partition coefficient (Wildman–Crippen LogP) is 0.742. The van der Waals surface area contributed by atoms with Crippen LogP contribution in [0, 0.1) is 0 Å². The van der Waals surface area contributed by atoms with Gasteiger partial charge in [-0.3, -0.25) is 4.79 Å². The predicted molar refractivity (Wildman–Crippen MR) is 67.2 cm³/mol. The molecule has 1 aliphatic heterocycles. The van der Waals surface area contributed by atoms with Gasteiger partial charge in [-0.15, -0.1) is 0 Å². The van der Waals surface area contributed by atoms with Gasteiger partial charge in [-0.05, 0) is 11.1 Å². The number of rotatable bonds is 4. The second-order valence-corrected chi connectivity index (χ2v) is 4.28. The lowest BCUT2D eigenvalue weighted by molar-refractivity contribution is -0.133. The summed E-state index contributed by atoms with van der Waals surface area (Å²) in [5.74, 6) is -1.27. The maximum Gasteiger partial charge on any atom is 0.352 e. The Balaban J connectivity index is 2.13. The summed E-state index contributed by atoms with van der Waals surface area (Å²) in [7, 11) is 0. The number of hydrogen-bond acceptors (Lipinski definition) is 4. The summed E-state index contributed by atoms with van der Waals surface area (Å²) < 4.78 is 0. The van der Waals surface area contributed by atoms with Crippen molar-refractivity contribution in [1.82, 2.24) is 5.01 Å². The third-order valence-electron chi connectivity index (χ3n) is 2.89. The van der Waals surface area contributed by atoms with Crippen LogP contribution in [0.15, 0.2) is 29.4 Å². The van der Waals surface area contributed by atoms with Gasteiger partial charge < -0.3 is 10.2 Å². The highest BCUT2D eigenvalue weighted by Crippen LogP contribution is 2.14. The van der Waals surface area contributed by atoms with Crippen LogP contribution in [0.5, 0.6) is 0 Å². The fraction of sp³-hybridized carbons (Fsp3) is 0.308. The van der Waals surface area contributed by atoms with Crippen molar-refractivity contribution in [2.75, 3.05) is 0 Å². The maximum atomic E-state index is 11.7. The largest absolute Gasteiger partial charge is 0.477 e. The van der Waals surface area contributed by atoms with Crippen LogP contribution in [0.3, 0.4) is 0 Å². The normalized spacial score (nSPS) is 15.3. The summed E-state index contributed by atoms with van der Waals surface area (Å²) in [6, 6.07) is 7.07. The Hall–Kier alpha value is -2.21. The lowest BCUT2D eigenvalue weighted by Gasteiger charge is -2.22. The molecule has 0 unspecified atom stereocenters. The fourth-order valence-electron chi connectivity index (χ4n) is 1.80. The third-order valence-corrected chi connectivity index (χ3v) is 2.89. The molecule has 0 saturated heterocycles. The van der Waals surface area contributed by atoms with Crippen molar-refractivity contribution in [1.29, 1.82) is 0 Å². The number of aliphatic hydroxyl groups excluding tert-OH is 1. The van der Waals surface area contributed by atoms with E-state index in [0.29, 0.717) is 0 Å². The Kier molecular flexibility index (Phi) is 3.91. The Morgan fingerprint density at radius 2 is 1.84 bits per heavy atom. The van der Waals surface area contributed by atoms with E-state index < -0.39 is 5.97 Å². The number of hydrogen-bond donors (Lipinski definition) is 2. The molecule has 19 heavy (non-hydrogen) atoms. The van der Waals surface area contributed by atoms with Gasteiger partial charge >= 0.3 is 5.97 Å². The van der Waals surface area contributed by atoms with Crippen molar-refractivity contribution in [3.05, 3.63) is 35.4 Å². The molecule has 0 atom stereocenters. The van der Waals surface area contributed by atoms with E-state index in [-0.39, 0.29) is 37.6 Å². The molecule has 1 aliphatic rings. The van der Waals surface area contributed by atoms with E-state index in [1.807, 2.05) is 0 Å². The molecule has 1 aromatic carbocycles. The van der Waals surface area contributed by atoms with Gasteiger partial charge in [-0.1, -0.05) is 24.3 Å². The number of carboxylic acid groups (broad SMARTS) is 1. The minimum absolute atomic E-state index is 0.00609. The molecule has 0 spiro atoms. The minimum Gasteiger partial charge on any atom is -0.477 e. The van der Waals surface area contributed by atoms with Crippen LogP contribution < -0.4 is 0 Å². The van der Waals surface area contributed by atoms with Gasteiger partial charge in [0.05, 0.1) is 13.2 Å². The zero-order valence-electron chi connectivity index (χ0n) is 10.2. The quantitative estimate of drug-likeness (QED) is 0.837. The van der Waals surface area contributed by atoms with E-state index >= 15 is 0 Å². The second kappa shape index (κ2) is 5.62. The smallest absolute Gasteiger partial charge is 0.352 e. The molecule has 2 N–H and O–H groups in total. The van der Waals surface area contributed by atoms with Crippen LogP contribution in [0.2, 0.25) is 0 Å². The molecule has 0 aliphatic carbocycles. The van der Waals surface area contributed by atoms with E-state index in [1.165, 1.54) is 5.01 Å². The standard InChI is InChI=1S/C13H14N2O4/c16-8-10-3-1-9(2-4-10)7-15-12(17)6-5-11(14-15)13(18)19/h1-4,16H,5-8H2,(H,18,19). The first-order valence-electron chi connectivity index (χ1n) is 5.90.